The van der Waals surface area contributed by atoms with E-state index >= 15 is 0 Å². The van der Waals surface area contributed by atoms with Gasteiger partial charge in [-0.25, -0.2) is 0 Å². The highest BCUT2D eigenvalue weighted by atomic mass is 32.1. The highest BCUT2D eigenvalue weighted by Crippen LogP contribution is 2.33. The van der Waals surface area contributed by atoms with Crippen LogP contribution in [0.1, 0.15) is 22.4 Å². The molecule has 8 heteroatoms. The Morgan fingerprint density at radius 2 is 2.07 bits per heavy atom. The third-order valence-electron chi connectivity index (χ3n) is 4.68. The van der Waals surface area contributed by atoms with Crippen LogP contribution in [0.2, 0.25) is 0 Å². The fourth-order valence-corrected chi connectivity index (χ4v) is 4.10. The Kier molecular flexibility index (Phi) is 5.28. The van der Waals surface area contributed by atoms with Crippen LogP contribution < -0.4 is 4.90 Å². The second-order valence-corrected chi connectivity index (χ2v) is 7.68. The molecule has 1 unspecified atom stereocenters. The lowest BCUT2D eigenvalue weighted by Crippen LogP contribution is -2.34. The van der Waals surface area contributed by atoms with Gasteiger partial charge in [0, 0.05) is 30.6 Å². The SMILES string of the molecule is Cc1ccsc1CN(C)C(=O)C1CC(=O)N(c2cccc(C(F)(F)F)c2)C1. The lowest BCUT2D eigenvalue weighted by atomic mass is 10.1. The van der Waals surface area contributed by atoms with E-state index in [0.29, 0.717) is 6.54 Å². The summed E-state index contributed by atoms with van der Waals surface area (Å²) in [7, 11) is 1.68. The summed E-state index contributed by atoms with van der Waals surface area (Å²) in [5.74, 6) is -1.07. The molecule has 2 heterocycles. The van der Waals surface area contributed by atoms with E-state index in [1.807, 2.05) is 18.4 Å². The zero-order valence-corrected chi connectivity index (χ0v) is 15.7. The number of nitrogens with zero attached hydrogens (tertiary/aromatic N) is 2. The van der Waals surface area contributed by atoms with E-state index in [1.54, 1.807) is 23.3 Å². The van der Waals surface area contributed by atoms with Crippen LogP contribution in [0.25, 0.3) is 0 Å². The van der Waals surface area contributed by atoms with E-state index in [2.05, 4.69) is 0 Å². The van der Waals surface area contributed by atoms with Crippen molar-refractivity contribution in [2.45, 2.75) is 26.1 Å². The van der Waals surface area contributed by atoms with Gasteiger partial charge in [-0.15, -0.1) is 11.3 Å². The average Bonchev–Trinajstić information content (AvgIpc) is 3.19. The summed E-state index contributed by atoms with van der Waals surface area (Å²) < 4.78 is 38.7. The van der Waals surface area contributed by atoms with Gasteiger partial charge < -0.3 is 9.80 Å². The molecule has 1 aliphatic rings. The zero-order chi connectivity index (χ0) is 19.8. The van der Waals surface area contributed by atoms with Crippen LogP contribution >= 0.6 is 11.3 Å². The summed E-state index contributed by atoms with van der Waals surface area (Å²) in [6.45, 7) is 2.52. The number of alkyl halides is 3. The molecule has 0 spiro atoms. The zero-order valence-electron chi connectivity index (χ0n) is 14.9. The summed E-state index contributed by atoms with van der Waals surface area (Å²) in [5.41, 5.74) is 0.461. The maximum Gasteiger partial charge on any atom is 0.416 e. The molecule has 1 atom stereocenters. The summed E-state index contributed by atoms with van der Waals surface area (Å²) in [6.07, 6.45) is -4.48. The number of amides is 2. The van der Waals surface area contributed by atoms with Crippen molar-refractivity contribution in [3.05, 3.63) is 51.7 Å². The minimum atomic E-state index is -4.48. The van der Waals surface area contributed by atoms with Crippen molar-refractivity contribution in [2.24, 2.45) is 5.92 Å². The van der Waals surface area contributed by atoms with Gasteiger partial charge in [0.05, 0.1) is 18.0 Å². The minimum Gasteiger partial charge on any atom is -0.340 e. The molecule has 0 aliphatic carbocycles. The Morgan fingerprint density at radius 3 is 2.70 bits per heavy atom. The summed E-state index contributed by atoms with van der Waals surface area (Å²) in [4.78, 5) is 28.9. The van der Waals surface area contributed by atoms with Crippen LogP contribution in [0.4, 0.5) is 18.9 Å². The minimum absolute atomic E-state index is 0.00282. The number of rotatable bonds is 4. The van der Waals surface area contributed by atoms with Crippen LogP contribution in [0.5, 0.6) is 0 Å². The first-order valence-corrected chi connectivity index (χ1v) is 9.30. The molecule has 4 nitrogen and oxygen atoms in total. The fourth-order valence-electron chi connectivity index (χ4n) is 3.14. The molecule has 1 fully saturated rings. The quantitative estimate of drug-likeness (QED) is 0.781. The number of carbonyl (C=O) groups excluding carboxylic acids is 2. The van der Waals surface area contributed by atoms with Gasteiger partial charge in [-0.2, -0.15) is 13.2 Å². The van der Waals surface area contributed by atoms with Crippen molar-refractivity contribution in [3.8, 4) is 0 Å². The van der Waals surface area contributed by atoms with E-state index in [0.717, 1.165) is 22.6 Å². The van der Waals surface area contributed by atoms with Gasteiger partial charge in [0.25, 0.3) is 0 Å². The molecule has 0 bridgehead atoms. The average molecular weight is 396 g/mol. The van der Waals surface area contributed by atoms with Crippen molar-refractivity contribution in [2.75, 3.05) is 18.5 Å². The second-order valence-electron chi connectivity index (χ2n) is 6.67. The van der Waals surface area contributed by atoms with Crippen molar-refractivity contribution in [3.63, 3.8) is 0 Å². The molecule has 1 aromatic heterocycles. The molecule has 2 amide bonds. The number of hydrogen-bond acceptors (Lipinski definition) is 3. The van der Waals surface area contributed by atoms with Crippen LogP contribution in [0.15, 0.2) is 35.7 Å². The van der Waals surface area contributed by atoms with Gasteiger partial charge in [-0.3, -0.25) is 9.59 Å². The molecule has 144 valence electrons. The van der Waals surface area contributed by atoms with E-state index in [1.165, 1.54) is 17.0 Å². The first kappa shape index (κ1) is 19.4. The molecule has 1 saturated heterocycles. The van der Waals surface area contributed by atoms with Crippen molar-refractivity contribution in [1.82, 2.24) is 4.90 Å². The Bertz CT molecular complexity index is 863. The van der Waals surface area contributed by atoms with Gasteiger partial charge in [-0.1, -0.05) is 6.07 Å². The van der Waals surface area contributed by atoms with Crippen LogP contribution in [-0.4, -0.2) is 30.3 Å². The first-order valence-electron chi connectivity index (χ1n) is 8.42. The van der Waals surface area contributed by atoms with Crippen LogP contribution in [-0.2, 0) is 22.3 Å². The molecule has 0 saturated carbocycles. The number of halogens is 3. The van der Waals surface area contributed by atoms with E-state index in [-0.39, 0.29) is 30.5 Å². The van der Waals surface area contributed by atoms with Crippen molar-refractivity contribution < 1.29 is 22.8 Å². The molecular formula is C19H19F3N2O2S. The summed E-state index contributed by atoms with van der Waals surface area (Å²) in [5, 5.41) is 1.96. The number of hydrogen-bond donors (Lipinski definition) is 0. The number of thiophene rings is 1. The largest absolute Gasteiger partial charge is 0.416 e. The van der Waals surface area contributed by atoms with E-state index in [9.17, 15) is 22.8 Å². The highest BCUT2D eigenvalue weighted by molar-refractivity contribution is 7.10. The van der Waals surface area contributed by atoms with Gasteiger partial charge in [0.2, 0.25) is 11.8 Å². The predicted octanol–water partition coefficient (Wildman–Crippen LogP) is 4.09. The van der Waals surface area contributed by atoms with E-state index < -0.39 is 17.7 Å². The van der Waals surface area contributed by atoms with Crippen molar-refractivity contribution in [1.29, 1.82) is 0 Å². The summed E-state index contributed by atoms with van der Waals surface area (Å²) >= 11 is 1.56. The Balaban J connectivity index is 1.71. The van der Waals surface area contributed by atoms with Crippen molar-refractivity contribution >= 4 is 28.8 Å². The molecule has 1 aromatic carbocycles. The molecule has 1 aliphatic heterocycles. The summed E-state index contributed by atoms with van der Waals surface area (Å²) in [6, 6.07) is 6.62. The van der Waals surface area contributed by atoms with Crippen LogP contribution in [0.3, 0.4) is 0 Å². The fraction of sp³-hybridized carbons (Fsp3) is 0.368. The lowest BCUT2D eigenvalue weighted by Gasteiger charge is -2.22. The van der Waals surface area contributed by atoms with Crippen LogP contribution in [0, 0.1) is 12.8 Å². The van der Waals surface area contributed by atoms with Gasteiger partial charge >= 0.3 is 6.18 Å². The topological polar surface area (TPSA) is 40.6 Å². The molecule has 0 N–H and O–H groups in total. The van der Waals surface area contributed by atoms with Gasteiger partial charge in [-0.05, 0) is 42.1 Å². The molecular weight excluding hydrogens is 377 g/mol. The number of benzene rings is 1. The predicted molar refractivity (Wildman–Crippen MR) is 97.4 cm³/mol. The first-order chi connectivity index (χ1) is 12.7. The molecule has 2 aromatic rings. The maximum absolute atomic E-state index is 12.9. The molecule has 0 radical (unpaired) electrons. The van der Waals surface area contributed by atoms with E-state index in [4.69, 9.17) is 0 Å². The second kappa shape index (κ2) is 7.34. The third-order valence-corrected chi connectivity index (χ3v) is 5.69. The Hall–Kier alpha value is -2.35. The van der Waals surface area contributed by atoms with Gasteiger partial charge in [0.1, 0.15) is 0 Å². The standard InChI is InChI=1S/C19H19F3N2O2S/c1-12-6-7-27-16(12)11-23(2)18(26)13-8-17(25)24(10-13)15-5-3-4-14(9-15)19(20,21)22/h3-7,9,13H,8,10-11H2,1-2H3. The highest BCUT2D eigenvalue weighted by Gasteiger charge is 2.38. The lowest BCUT2D eigenvalue weighted by molar-refractivity contribution is -0.137. The monoisotopic (exact) mass is 396 g/mol. The Labute approximate surface area is 159 Å². The Morgan fingerprint density at radius 1 is 1.33 bits per heavy atom. The smallest absolute Gasteiger partial charge is 0.340 e. The molecule has 27 heavy (non-hydrogen) atoms. The third kappa shape index (κ3) is 4.16. The number of aryl methyl sites for hydroxylation is 1. The normalized spacial score (nSPS) is 17.4. The maximum atomic E-state index is 12.9. The number of carbonyl (C=O) groups is 2. The van der Waals surface area contributed by atoms with Gasteiger partial charge in [0.15, 0.2) is 0 Å². The molecule has 3 rings (SSSR count). The number of anilines is 1.